The van der Waals surface area contributed by atoms with E-state index >= 15 is 0 Å². The third-order valence-corrected chi connectivity index (χ3v) is 7.18. The summed E-state index contributed by atoms with van der Waals surface area (Å²) in [6.07, 6.45) is 1.48. The second kappa shape index (κ2) is 7.06. The van der Waals surface area contributed by atoms with Crippen molar-refractivity contribution in [3.8, 4) is 6.07 Å². The second-order valence-corrected chi connectivity index (χ2v) is 8.32. The van der Waals surface area contributed by atoms with Crippen molar-refractivity contribution in [1.29, 1.82) is 5.26 Å². The van der Waals surface area contributed by atoms with Crippen molar-refractivity contribution in [2.24, 2.45) is 0 Å². The van der Waals surface area contributed by atoms with Crippen LogP contribution in [-0.2, 0) is 0 Å². The van der Waals surface area contributed by atoms with Crippen LogP contribution in [0.15, 0.2) is 84.9 Å². The van der Waals surface area contributed by atoms with Crippen LogP contribution in [0.1, 0.15) is 6.42 Å². The molecule has 0 aliphatic heterocycles. The summed E-state index contributed by atoms with van der Waals surface area (Å²) in [5.41, 5.74) is 0. The molecule has 0 radical (unpaired) electrons. The zero-order chi connectivity index (χ0) is 17.1. The standard InChI is InChI=1S/C23H18NP/c24-16-7-17-25(22-14-5-10-18-8-1-3-12-20(18)22)23-15-6-11-19-9-2-4-13-21(19)23/h1-6,8-15H,7,17H2. The van der Waals surface area contributed by atoms with Crippen LogP contribution in [0.25, 0.3) is 21.5 Å². The Kier molecular flexibility index (Phi) is 4.47. The molecule has 4 aromatic carbocycles. The van der Waals surface area contributed by atoms with E-state index in [1.807, 2.05) is 0 Å². The van der Waals surface area contributed by atoms with E-state index in [1.54, 1.807) is 0 Å². The maximum atomic E-state index is 9.20. The molecular weight excluding hydrogens is 321 g/mol. The molecule has 0 aliphatic carbocycles. The molecule has 0 spiro atoms. The first-order chi connectivity index (χ1) is 12.4. The number of nitrogens with zero attached hydrogens (tertiary/aromatic N) is 1. The molecule has 0 fully saturated rings. The van der Waals surface area contributed by atoms with Crippen LogP contribution in [0, 0.1) is 11.3 Å². The molecule has 0 unspecified atom stereocenters. The van der Waals surface area contributed by atoms with Gasteiger partial charge in [-0.05, 0) is 46.2 Å². The summed E-state index contributed by atoms with van der Waals surface area (Å²) in [7, 11) is -0.579. The normalized spacial score (nSPS) is 11.0. The minimum absolute atomic E-state index is 0.579. The van der Waals surface area contributed by atoms with Crippen LogP contribution < -0.4 is 10.6 Å². The molecule has 0 saturated heterocycles. The fraction of sp³-hybridized carbons (Fsp3) is 0.0870. The number of hydrogen-bond donors (Lipinski definition) is 0. The van der Waals surface area contributed by atoms with Crippen LogP contribution >= 0.6 is 7.92 Å². The fourth-order valence-electron chi connectivity index (χ4n) is 3.42. The van der Waals surface area contributed by atoms with Crippen LogP contribution in [0.2, 0.25) is 0 Å². The number of benzene rings is 4. The first-order valence-corrected chi connectivity index (χ1v) is 10.0. The van der Waals surface area contributed by atoms with Gasteiger partial charge in [0.2, 0.25) is 0 Å². The highest BCUT2D eigenvalue weighted by atomic mass is 31.1. The molecular formula is C23H18NP. The van der Waals surface area contributed by atoms with Gasteiger partial charge < -0.3 is 0 Å². The number of fused-ring (bicyclic) bond motifs is 2. The molecule has 25 heavy (non-hydrogen) atoms. The highest BCUT2D eigenvalue weighted by molar-refractivity contribution is 7.73. The van der Waals surface area contributed by atoms with Gasteiger partial charge in [-0.2, -0.15) is 5.26 Å². The van der Waals surface area contributed by atoms with E-state index in [4.69, 9.17) is 0 Å². The van der Waals surface area contributed by atoms with Gasteiger partial charge >= 0.3 is 0 Å². The highest BCUT2D eigenvalue weighted by Gasteiger charge is 2.18. The lowest BCUT2D eigenvalue weighted by Gasteiger charge is -2.21. The van der Waals surface area contributed by atoms with Crippen molar-refractivity contribution in [2.75, 3.05) is 6.16 Å². The first-order valence-electron chi connectivity index (χ1n) is 8.48. The topological polar surface area (TPSA) is 23.8 Å². The summed E-state index contributed by atoms with van der Waals surface area (Å²) < 4.78 is 0. The summed E-state index contributed by atoms with van der Waals surface area (Å²) >= 11 is 0. The third kappa shape index (κ3) is 3.02. The maximum absolute atomic E-state index is 9.20. The summed E-state index contributed by atoms with van der Waals surface area (Å²) in [6.45, 7) is 0. The van der Waals surface area contributed by atoms with E-state index in [0.717, 1.165) is 6.16 Å². The van der Waals surface area contributed by atoms with E-state index in [0.29, 0.717) is 6.42 Å². The Hall–Kier alpha value is -2.68. The lowest BCUT2D eigenvalue weighted by atomic mass is 10.1. The van der Waals surface area contributed by atoms with E-state index in [-0.39, 0.29) is 0 Å². The Bertz CT molecular complexity index is 988. The molecule has 0 aromatic heterocycles. The van der Waals surface area contributed by atoms with Crippen LogP contribution in [0.3, 0.4) is 0 Å². The quantitative estimate of drug-likeness (QED) is 0.460. The lowest BCUT2D eigenvalue weighted by Crippen LogP contribution is -2.16. The van der Waals surface area contributed by atoms with Gasteiger partial charge in [-0.25, -0.2) is 0 Å². The molecule has 0 saturated carbocycles. The van der Waals surface area contributed by atoms with Crippen molar-refractivity contribution in [3.63, 3.8) is 0 Å². The summed E-state index contributed by atoms with van der Waals surface area (Å²) in [5.74, 6) is 0. The molecule has 0 atom stereocenters. The Balaban J connectivity index is 1.95. The molecule has 4 aromatic rings. The Morgan fingerprint density at radius 1 is 0.640 bits per heavy atom. The predicted octanol–water partition coefficient (Wildman–Crippen LogP) is 5.34. The molecule has 0 bridgehead atoms. The van der Waals surface area contributed by atoms with Crippen molar-refractivity contribution in [1.82, 2.24) is 0 Å². The molecule has 0 aliphatic rings. The van der Waals surface area contributed by atoms with Crippen molar-refractivity contribution >= 4 is 40.1 Å². The average Bonchev–Trinajstić information content (AvgIpc) is 2.68. The van der Waals surface area contributed by atoms with Crippen molar-refractivity contribution in [3.05, 3.63) is 84.9 Å². The van der Waals surface area contributed by atoms with E-state index in [1.165, 1.54) is 32.2 Å². The number of hydrogen-bond acceptors (Lipinski definition) is 1. The zero-order valence-corrected chi connectivity index (χ0v) is 14.8. The van der Waals surface area contributed by atoms with Gasteiger partial charge in [-0.15, -0.1) is 0 Å². The van der Waals surface area contributed by atoms with Gasteiger partial charge in [0.1, 0.15) is 0 Å². The molecule has 120 valence electrons. The van der Waals surface area contributed by atoms with Crippen molar-refractivity contribution in [2.45, 2.75) is 6.42 Å². The summed E-state index contributed by atoms with van der Waals surface area (Å²) in [4.78, 5) is 0. The number of rotatable bonds is 4. The molecule has 0 amide bonds. The van der Waals surface area contributed by atoms with Gasteiger partial charge in [0.05, 0.1) is 6.07 Å². The Labute approximate surface area is 149 Å². The third-order valence-electron chi connectivity index (χ3n) is 4.56. The molecule has 0 heterocycles. The molecule has 0 N–H and O–H groups in total. The van der Waals surface area contributed by atoms with Gasteiger partial charge in [-0.3, -0.25) is 0 Å². The van der Waals surface area contributed by atoms with Gasteiger partial charge in [0.15, 0.2) is 0 Å². The average molecular weight is 339 g/mol. The molecule has 1 nitrogen and oxygen atoms in total. The van der Waals surface area contributed by atoms with Crippen molar-refractivity contribution < 1.29 is 0 Å². The Morgan fingerprint density at radius 3 is 1.64 bits per heavy atom. The van der Waals surface area contributed by atoms with Crippen LogP contribution in [-0.4, -0.2) is 6.16 Å². The highest BCUT2D eigenvalue weighted by Crippen LogP contribution is 2.39. The lowest BCUT2D eigenvalue weighted by molar-refractivity contribution is 1.23. The summed E-state index contributed by atoms with van der Waals surface area (Å²) in [6, 6.07) is 32.6. The van der Waals surface area contributed by atoms with Gasteiger partial charge in [0.25, 0.3) is 0 Å². The SMILES string of the molecule is N#CCCP(c1cccc2ccccc12)c1cccc2ccccc12. The fourth-order valence-corrected chi connectivity index (χ4v) is 6.01. The summed E-state index contributed by atoms with van der Waals surface area (Å²) in [5, 5.41) is 17.1. The van der Waals surface area contributed by atoms with Crippen LogP contribution in [0.4, 0.5) is 0 Å². The number of nitriles is 1. The van der Waals surface area contributed by atoms with Gasteiger partial charge in [0, 0.05) is 6.42 Å². The van der Waals surface area contributed by atoms with E-state index < -0.39 is 7.92 Å². The predicted molar refractivity (Wildman–Crippen MR) is 109 cm³/mol. The van der Waals surface area contributed by atoms with E-state index in [9.17, 15) is 5.26 Å². The maximum Gasteiger partial charge on any atom is 0.0625 e. The van der Waals surface area contributed by atoms with E-state index in [2.05, 4.69) is 91.0 Å². The Morgan fingerprint density at radius 2 is 1.12 bits per heavy atom. The first kappa shape index (κ1) is 15.8. The minimum Gasteiger partial charge on any atom is -0.198 e. The zero-order valence-electron chi connectivity index (χ0n) is 13.9. The largest absolute Gasteiger partial charge is 0.198 e. The molecule has 2 heteroatoms. The molecule has 4 rings (SSSR count). The van der Waals surface area contributed by atoms with Gasteiger partial charge in [-0.1, -0.05) is 84.9 Å². The minimum atomic E-state index is -0.579. The second-order valence-electron chi connectivity index (χ2n) is 6.06. The van der Waals surface area contributed by atoms with Crippen LogP contribution in [0.5, 0.6) is 0 Å². The smallest absolute Gasteiger partial charge is 0.0625 e. The monoisotopic (exact) mass is 339 g/mol.